The Hall–Kier alpha value is -1.78. The van der Waals surface area contributed by atoms with E-state index in [-0.39, 0.29) is 11.7 Å². The molecule has 0 unspecified atom stereocenters. The number of nitrogens with one attached hydrogen (secondary N) is 1. The number of nitrogens with zero attached hydrogens (tertiary/aromatic N) is 1. The van der Waals surface area contributed by atoms with E-state index in [0.29, 0.717) is 30.3 Å². The van der Waals surface area contributed by atoms with Crippen LogP contribution in [0.2, 0.25) is 0 Å². The predicted molar refractivity (Wildman–Crippen MR) is 67.3 cm³/mol. The Labute approximate surface area is 106 Å². The van der Waals surface area contributed by atoms with Crippen LogP contribution in [-0.4, -0.2) is 19.9 Å². The first-order valence-electron chi connectivity index (χ1n) is 5.93. The first kappa shape index (κ1) is 12.7. The van der Waals surface area contributed by atoms with E-state index in [1.165, 1.54) is 6.08 Å². The molecule has 2 aliphatic rings. The molecule has 0 fully saturated rings. The summed E-state index contributed by atoms with van der Waals surface area (Å²) < 4.78 is 24.4. The highest BCUT2D eigenvalue weighted by Crippen LogP contribution is 2.33. The largest absolute Gasteiger partial charge is 0.479 e. The molecule has 18 heavy (non-hydrogen) atoms. The van der Waals surface area contributed by atoms with E-state index in [2.05, 4.69) is 10.3 Å². The first-order chi connectivity index (χ1) is 8.65. The van der Waals surface area contributed by atoms with Crippen molar-refractivity contribution in [2.45, 2.75) is 20.3 Å². The Morgan fingerprint density at radius 2 is 2.44 bits per heavy atom. The average molecular weight is 252 g/mol. The number of ether oxygens (including phenoxy) is 2. The second-order valence-electron chi connectivity index (χ2n) is 4.25. The molecular weight excluding hydrogens is 235 g/mol. The highest BCUT2D eigenvalue weighted by atomic mass is 19.1. The topological polar surface area (TPSA) is 42.8 Å². The zero-order chi connectivity index (χ0) is 13.1. The molecule has 0 aromatic heterocycles. The van der Waals surface area contributed by atoms with E-state index >= 15 is 0 Å². The maximum atomic E-state index is 13.5. The van der Waals surface area contributed by atoms with Crippen LogP contribution in [0.5, 0.6) is 0 Å². The van der Waals surface area contributed by atoms with Gasteiger partial charge in [-0.25, -0.2) is 9.38 Å². The van der Waals surface area contributed by atoms with Gasteiger partial charge >= 0.3 is 0 Å². The van der Waals surface area contributed by atoms with Crippen molar-refractivity contribution in [1.82, 2.24) is 5.32 Å². The van der Waals surface area contributed by atoms with E-state index in [9.17, 15) is 4.39 Å². The van der Waals surface area contributed by atoms with Crippen molar-refractivity contribution in [1.29, 1.82) is 0 Å². The molecule has 0 amide bonds. The number of rotatable bonds is 2. The molecule has 0 aromatic rings. The third-order valence-corrected chi connectivity index (χ3v) is 2.91. The Morgan fingerprint density at radius 3 is 3.11 bits per heavy atom. The number of hydrogen-bond donors (Lipinski definition) is 1. The lowest BCUT2D eigenvalue weighted by atomic mass is 9.97. The van der Waals surface area contributed by atoms with Gasteiger partial charge in [-0.1, -0.05) is 6.92 Å². The van der Waals surface area contributed by atoms with Gasteiger partial charge < -0.3 is 14.8 Å². The van der Waals surface area contributed by atoms with Gasteiger partial charge in [0.1, 0.15) is 11.6 Å². The van der Waals surface area contributed by atoms with Crippen molar-refractivity contribution >= 4 is 6.21 Å². The van der Waals surface area contributed by atoms with Crippen LogP contribution in [0.25, 0.3) is 0 Å². The summed E-state index contributed by atoms with van der Waals surface area (Å²) in [5.41, 5.74) is 0.713. The fourth-order valence-electron chi connectivity index (χ4n) is 1.93. The zero-order valence-electron chi connectivity index (χ0n) is 10.8. The van der Waals surface area contributed by atoms with Crippen LogP contribution in [-0.2, 0) is 9.47 Å². The van der Waals surface area contributed by atoms with Crippen molar-refractivity contribution < 1.29 is 13.9 Å². The van der Waals surface area contributed by atoms with Crippen LogP contribution in [0.15, 0.2) is 40.0 Å². The van der Waals surface area contributed by atoms with Gasteiger partial charge in [-0.2, -0.15) is 0 Å². The Morgan fingerprint density at radius 1 is 1.67 bits per heavy atom. The molecule has 98 valence electrons. The van der Waals surface area contributed by atoms with Crippen molar-refractivity contribution in [2.24, 2.45) is 10.9 Å². The van der Waals surface area contributed by atoms with Gasteiger partial charge in [0.15, 0.2) is 5.76 Å². The Bertz CT molecular complexity index is 464. The van der Waals surface area contributed by atoms with Gasteiger partial charge in [-0.3, -0.25) is 0 Å². The predicted octanol–water partition coefficient (Wildman–Crippen LogP) is 2.62. The summed E-state index contributed by atoms with van der Waals surface area (Å²) >= 11 is 0. The van der Waals surface area contributed by atoms with E-state index in [1.807, 2.05) is 6.92 Å². The lowest BCUT2D eigenvalue weighted by molar-refractivity contribution is 0.194. The van der Waals surface area contributed by atoms with Crippen molar-refractivity contribution in [3.05, 3.63) is 35.0 Å². The SMILES string of the molecule is CC=N/C(OC)=C1\CNC2=C(C[C@@H](C)C(F)=C2)O1. The van der Waals surface area contributed by atoms with Crippen molar-refractivity contribution in [3.63, 3.8) is 0 Å². The normalized spacial score (nSPS) is 26.2. The fourth-order valence-corrected chi connectivity index (χ4v) is 1.93. The molecule has 0 aromatic carbocycles. The molecule has 0 spiro atoms. The fraction of sp³-hybridized carbons (Fsp3) is 0.462. The molecule has 0 saturated carbocycles. The minimum atomic E-state index is -0.148. The summed E-state index contributed by atoms with van der Waals surface area (Å²) in [6, 6.07) is 0. The molecule has 4 nitrogen and oxygen atoms in total. The number of halogens is 1. The molecule has 1 aliphatic carbocycles. The summed E-state index contributed by atoms with van der Waals surface area (Å²) in [6.07, 6.45) is 3.68. The maximum absolute atomic E-state index is 13.5. The molecule has 1 aliphatic heterocycles. The molecule has 5 heteroatoms. The summed E-state index contributed by atoms with van der Waals surface area (Å²) in [5.74, 6) is 1.55. The van der Waals surface area contributed by atoms with Crippen LogP contribution >= 0.6 is 0 Å². The van der Waals surface area contributed by atoms with Crippen LogP contribution in [0.1, 0.15) is 20.3 Å². The van der Waals surface area contributed by atoms with Gasteiger partial charge in [-0.05, 0) is 13.0 Å². The molecule has 1 N–H and O–H groups in total. The lowest BCUT2D eigenvalue weighted by Crippen LogP contribution is -2.28. The molecule has 1 atom stereocenters. The van der Waals surface area contributed by atoms with Crippen LogP contribution in [0.3, 0.4) is 0 Å². The highest BCUT2D eigenvalue weighted by Gasteiger charge is 2.27. The van der Waals surface area contributed by atoms with Gasteiger partial charge in [0.25, 0.3) is 5.88 Å². The molecule has 0 bridgehead atoms. The van der Waals surface area contributed by atoms with Crippen LogP contribution in [0, 0.1) is 5.92 Å². The zero-order valence-corrected chi connectivity index (χ0v) is 10.8. The van der Waals surface area contributed by atoms with E-state index < -0.39 is 0 Å². The summed E-state index contributed by atoms with van der Waals surface area (Å²) in [6.45, 7) is 4.08. The first-order valence-corrected chi connectivity index (χ1v) is 5.93. The summed E-state index contributed by atoms with van der Waals surface area (Å²) in [5, 5.41) is 3.12. The Kier molecular flexibility index (Phi) is 3.69. The van der Waals surface area contributed by atoms with Crippen LogP contribution in [0.4, 0.5) is 4.39 Å². The van der Waals surface area contributed by atoms with Gasteiger partial charge in [-0.15, -0.1) is 0 Å². The standard InChI is InChI=1S/C13H17FN2O2/c1-4-15-13(17-3)12-7-16-10-6-9(14)8(2)5-11(10)18-12/h4,6,8,16H,5,7H2,1-3H3/b13-12-,15-4?/t8-/m1/s1. The van der Waals surface area contributed by atoms with E-state index in [1.54, 1.807) is 20.2 Å². The highest BCUT2D eigenvalue weighted by molar-refractivity contribution is 5.55. The smallest absolute Gasteiger partial charge is 0.254 e. The molecule has 2 rings (SSSR count). The van der Waals surface area contributed by atoms with Crippen molar-refractivity contribution in [3.8, 4) is 0 Å². The summed E-state index contributed by atoms with van der Waals surface area (Å²) in [4.78, 5) is 4.09. The minimum Gasteiger partial charge on any atom is -0.479 e. The molecule has 0 radical (unpaired) electrons. The van der Waals surface area contributed by atoms with Crippen LogP contribution < -0.4 is 5.32 Å². The third kappa shape index (κ3) is 2.39. The van der Waals surface area contributed by atoms with Gasteiger partial charge in [0.05, 0.1) is 19.4 Å². The quantitative estimate of drug-likeness (QED) is 0.607. The summed E-state index contributed by atoms with van der Waals surface area (Å²) in [7, 11) is 1.55. The number of allylic oxidation sites excluding steroid dienone is 3. The van der Waals surface area contributed by atoms with E-state index in [0.717, 1.165) is 5.76 Å². The number of hydrogen-bond acceptors (Lipinski definition) is 4. The number of aliphatic imine (C=N–C) groups is 1. The van der Waals surface area contributed by atoms with E-state index in [4.69, 9.17) is 9.47 Å². The second-order valence-corrected chi connectivity index (χ2v) is 4.25. The molecule has 0 saturated heterocycles. The maximum Gasteiger partial charge on any atom is 0.254 e. The van der Waals surface area contributed by atoms with Crippen molar-refractivity contribution in [2.75, 3.05) is 13.7 Å². The molecular formula is C13H17FN2O2. The average Bonchev–Trinajstić information content (AvgIpc) is 2.37. The van der Waals surface area contributed by atoms with Gasteiger partial charge in [0.2, 0.25) is 0 Å². The lowest BCUT2D eigenvalue weighted by Gasteiger charge is -2.28. The van der Waals surface area contributed by atoms with Gasteiger partial charge in [0, 0.05) is 18.6 Å². The third-order valence-electron chi connectivity index (χ3n) is 2.91. The Balaban J connectivity index is 2.27. The minimum absolute atomic E-state index is 0.115. The monoisotopic (exact) mass is 252 g/mol. The second kappa shape index (κ2) is 5.25. The number of methoxy groups -OCH3 is 1. The molecule has 1 heterocycles.